The average molecular weight is 136 g/mol. The standard InChI is InChI=1S/C3H8N2O2.CH4O/c4-1-2-5-3(6)7;1-2/h5H,1-2,4H2,(H,6,7);2H,1H3. The quantitative estimate of drug-likeness (QED) is 0.384. The fourth-order valence-electron chi connectivity index (χ4n) is 0.179. The Morgan fingerprint density at radius 1 is 1.67 bits per heavy atom. The van der Waals surface area contributed by atoms with Crippen LogP contribution in [-0.2, 0) is 0 Å². The summed E-state index contributed by atoms with van der Waals surface area (Å²) in [5.74, 6) is 0. The van der Waals surface area contributed by atoms with Gasteiger partial charge in [0.25, 0.3) is 0 Å². The number of hydrogen-bond donors (Lipinski definition) is 4. The van der Waals surface area contributed by atoms with E-state index in [4.69, 9.17) is 15.9 Å². The Labute approximate surface area is 53.5 Å². The third kappa shape index (κ3) is 19.0. The first-order valence-electron chi connectivity index (χ1n) is 2.39. The number of hydrogen-bond acceptors (Lipinski definition) is 3. The van der Waals surface area contributed by atoms with Gasteiger partial charge in [-0.1, -0.05) is 0 Å². The molecule has 0 atom stereocenters. The van der Waals surface area contributed by atoms with Crippen LogP contribution < -0.4 is 11.1 Å². The Balaban J connectivity index is 0. The van der Waals surface area contributed by atoms with Crippen molar-refractivity contribution in [3.8, 4) is 0 Å². The molecule has 0 saturated heterocycles. The number of carboxylic acid groups (broad SMARTS) is 1. The van der Waals surface area contributed by atoms with Crippen LogP contribution in [0.25, 0.3) is 0 Å². The molecule has 5 N–H and O–H groups in total. The Bertz CT molecular complexity index is 66.8. The SMILES string of the molecule is CO.NCCNC(=O)O. The maximum absolute atomic E-state index is 9.59. The van der Waals surface area contributed by atoms with Crippen LogP contribution in [0.4, 0.5) is 4.79 Å². The van der Waals surface area contributed by atoms with Gasteiger partial charge in [-0.15, -0.1) is 0 Å². The Kier molecular flexibility index (Phi) is 12.6. The maximum atomic E-state index is 9.59. The second-order valence-electron chi connectivity index (χ2n) is 1.02. The molecule has 0 rings (SSSR count). The van der Waals surface area contributed by atoms with Gasteiger partial charge in [0, 0.05) is 20.2 Å². The van der Waals surface area contributed by atoms with Gasteiger partial charge in [-0.2, -0.15) is 0 Å². The van der Waals surface area contributed by atoms with Gasteiger partial charge >= 0.3 is 6.09 Å². The molecule has 0 aliphatic rings. The van der Waals surface area contributed by atoms with E-state index < -0.39 is 6.09 Å². The number of amides is 1. The summed E-state index contributed by atoms with van der Waals surface area (Å²) in [4.78, 5) is 9.59. The third-order valence-corrected chi connectivity index (χ3v) is 0.421. The summed E-state index contributed by atoms with van der Waals surface area (Å²) in [6.45, 7) is 0.682. The molecule has 0 aromatic heterocycles. The fraction of sp³-hybridized carbons (Fsp3) is 0.750. The van der Waals surface area contributed by atoms with Gasteiger partial charge in [0.05, 0.1) is 0 Å². The van der Waals surface area contributed by atoms with Crippen molar-refractivity contribution in [1.82, 2.24) is 5.32 Å². The summed E-state index contributed by atoms with van der Waals surface area (Å²) < 4.78 is 0. The third-order valence-electron chi connectivity index (χ3n) is 0.421. The smallest absolute Gasteiger partial charge is 0.404 e. The average Bonchev–Trinajstić information content (AvgIpc) is 1.88. The normalized spacial score (nSPS) is 7.00. The van der Waals surface area contributed by atoms with Crippen molar-refractivity contribution in [1.29, 1.82) is 0 Å². The van der Waals surface area contributed by atoms with Gasteiger partial charge in [0.2, 0.25) is 0 Å². The van der Waals surface area contributed by atoms with Crippen LogP contribution in [-0.4, -0.2) is 36.5 Å². The van der Waals surface area contributed by atoms with Crippen LogP contribution in [0.15, 0.2) is 0 Å². The molecule has 0 aliphatic carbocycles. The van der Waals surface area contributed by atoms with E-state index in [0.717, 1.165) is 7.11 Å². The summed E-state index contributed by atoms with van der Waals surface area (Å²) in [7, 11) is 1.00. The van der Waals surface area contributed by atoms with Crippen molar-refractivity contribution in [2.75, 3.05) is 20.2 Å². The van der Waals surface area contributed by atoms with Gasteiger partial charge in [-0.25, -0.2) is 4.79 Å². The molecule has 0 heterocycles. The van der Waals surface area contributed by atoms with E-state index in [2.05, 4.69) is 5.32 Å². The van der Waals surface area contributed by atoms with Crippen molar-refractivity contribution in [2.45, 2.75) is 0 Å². The first kappa shape index (κ1) is 11.0. The fourth-order valence-corrected chi connectivity index (χ4v) is 0.179. The summed E-state index contributed by atoms with van der Waals surface area (Å²) in [5, 5.41) is 17.0. The monoisotopic (exact) mass is 136 g/mol. The molecule has 1 amide bonds. The van der Waals surface area contributed by atoms with Crippen molar-refractivity contribution < 1.29 is 15.0 Å². The first-order valence-corrected chi connectivity index (χ1v) is 2.39. The zero-order valence-corrected chi connectivity index (χ0v) is 5.29. The highest BCUT2D eigenvalue weighted by Crippen LogP contribution is 1.54. The number of rotatable bonds is 2. The summed E-state index contributed by atoms with van der Waals surface area (Å²) in [6, 6.07) is 0. The Hall–Kier alpha value is -0.810. The topological polar surface area (TPSA) is 95.6 Å². The van der Waals surface area contributed by atoms with Crippen LogP contribution in [0, 0.1) is 0 Å². The molecule has 0 unspecified atom stereocenters. The maximum Gasteiger partial charge on any atom is 0.404 e. The molecule has 0 aromatic rings. The Morgan fingerprint density at radius 3 is 2.22 bits per heavy atom. The number of carbonyl (C=O) groups is 1. The van der Waals surface area contributed by atoms with Crippen molar-refractivity contribution in [2.24, 2.45) is 5.73 Å². The van der Waals surface area contributed by atoms with Crippen LogP contribution in [0.2, 0.25) is 0 Å². The molecular weight excluding hydrogens is 124 g/mol. The molecule has 0 aromatic carbocycles. The van der Waals surface area contributed by atoms with Gasteiger partial charge in [-0.05, 0) is 0 Å². The van der Waals surface area contributed by atoms with Gasteiger partial charge in [0.1, 0.15) is 0 Å². The van der Waals surface area contributed by atoms with E-state index >= 15 is 0 Å². The zero-order valence-electron chi connectivity index (χ0n) is 5.29. The molecule has 9 heavy (non-hydrogen) atoms. The minimum atomic E-state index is -1.02. The van der Waals surface area contributed by atoms with Gasteiger partial charge < -0.3 is 21.3 Å². The van der Waals surface area contributed by atoms with Crippen molar-refractivity contribution in [3.63, 3.8) is 0 Å². The lowest BCUT2D eigenvalue weighted by atomic mass is 10.7. The predicted octanol–water partition coefficient (Wildman–Crippen LogP) is -1.18. The van der Waals surface area contributed by atoms with Crippen molar-refractivity contribution in [3.05, 3.63) is 0 Å². The lowest BCUT2D eigenvalue weighted by Gasteiger charge is -1.92. The Morgan fingerprint density at radius 2 is 2.11 bits per heavy atom. The lowest BCUT2D eigenvalue weighted by Crippen LogP contribution is -2.27. The molecule has 0 fully saturated rings. The summed E-state index contributed by atoms with van der Waals surface area (Å²) in [6.07, 6.45) is -1.02. The first-order chi connectivity index (χ1) is 4.27. The summed E-state index contributed by atoms with van der Waals surface area (Å²) in [5.41, 5.74) is 4.95. The lowest BCUT2D eigenvalue weighted by molar-refractivity contribution is 0.195. The van der Waals surface area contributed by atoms with E-state index in [9.17, 15) is 4.79 Å². The van der Waals surface area contributed by atoms with Crippen LogP contribution in [0.1, 0.15) is 0 Å². The highest BCUT2D eigenvalue weighted by Gasteiger charge is 1.86. The number of aliphatic hydroxyl groups excluding tert-OH is 1. The predicted molar refractivity (Wildman–Crippen MR) is 33.2 cm³/mol. The molecule has 56 valence electrons. The number of nitrogens with two attached hydrogens (primary N) is 1. The molecular formula is C4H12N2O3. The minimum Gasteiger partial charge on any atom is -0.465 e. The van der Waals surface area contributed by atoms with E-state index in [1.807, 2.05) is 0 Å². The van der Waals surface area contributed by atoms with Gasteiger partial charge in [-0.3, -0.25) is 0 Å². The highest BCUT2D eigenvalue weighted by molar-refractivity contribution is 5.64. The summed E-state index contributed by atoms with van der Waals surface area (Å²) >= 11 is 0. The molecule has 0 spiro atoms. The van der Waals surface area contributed by atoms with Gasteiger partial charge in [0.15, 0.2) is 0 Å². The second-order valence-corrected chi connectivity index (χ2v) is 1.02. The molecule has 0 radical (unpaired) electrons. The van der Waals surface area contributed by atoms with E-state index in [-0.39, 0.29) is 0 Å². The van der Waals surface area contributed by atoms with Crippen LogP contribution in [0.3, 0.4) is 0 Å². The molecule has 5 heteroatoms. The van der Waals surface area contributed by atoms with E-state index in [1.54, 1.807) is 0 Å². The number of nitrogens with one attached hydrogen (secondary N) is 1. The second kappa shape index (κ2) is 10.2. The molecule has 0 bridgehead atoms. The van der Waals surface area contributed by atoms with E-state index in [0.29, 0.717) is 13.1 Å². The minimum absolute atomic E-state index is 0.329. The van der Waals surface area contributed by atoms with Crippen LogP contribution >= 0.6 is 0 Å². The zero-order chi connectivity index (χ0) is 7.70. The molecule has 0 saturated carbocycles. The number of aliphatic hydroxyl groups is 1. The van der Waals surface area contributed by atoms with E-state index in [1.165, 1.54) is 0 Å². The largest absolute Gasteiger partial charge is 0.465 e. The van der Waals surface area contributed by atoms with Crippen LogP contribution in [0.5, 0.6) is 0 Å². The molecule has 0 aliphatic heterocycles. The molecule has 5 nitrogen and oxygen atoms in total. The van der Waals surface area contributed by atoms with Crippen molar-refractivity contribution >= 4 is 6.09 Å². The highest BCUT2D eigenvalue weighted by atomic mass is 16.4.